The Hall–Kier alpha value is -1.58. The predicted octanol–water partition coefficient (Wildman–Crippen LogP) is 5.59. The van der Waals surface area contributed by atoms with E-state index < -0.39 is 0 Å². The molecule has 0 N–H and O–H groups in total. The monoisotopic (exact) mass is 271 g/mol. The van der Waals surface area contributed by atoms with E-state index in [9.17, 15) is 0 Å². The minimum Gasteiger partial charge on any atom is -0.293 e. The van der Waals surface area contributed by atoms with Gasteiger partial charge >= 0.3 is 0 Å². The molecule has 0 spiro atoms. The quantitative estimate of drug-likeness (QED) is 0.600. The second-order valence-electron chi connectivity index (χ2n) is 4.07. The van der Waals surface area contributed by atoms with Crippen molar-refractivity contribution >= 4 is 38.4 Å². The van der Waals surface area contributed by atoms with Crippen LogP contribution >= 0.6 is 22.7 Å². The minimum atomic E-state index is 1.21. The lowest BCUT2D eigenvalue weighted by Crippen LogP contribution is -2.06. The zero-order chi connectivity index (χ0) is 12.4. The summed E-state index contributed by atoms with van der Waals surface area (Å²) in [5.41, 5.74) is 2.50. The molecular formula is C15H13NS2. The molecule has 3 aromatic rings. The standard InChI is InChI=1S/C15H13NS2/c1-12-6-8-13(9-7-12)16(14-4-2-10-17-14)15-5-3-11-18-15/h2-11H,1H3. The number of rotatable bonds is 3. The highest BCUT2D eigenvalue weighted by molar-refractivity contribution is 7.16. The summed E-state index contributed by atoms with van der Waals surface area (Å²) in [6.07, 6.45) is 0. The lowest BCUT2D eigenvalue weighted by atomic mass is 10.2. The van der Waals surface area contributed by atoms with Crippen molar-refractivity contribution in [1.29, 1.82) is 0 Å². The molecule has 0 radical (unpaired) electrons. The van der Waals surface area contributed by atoms with E-state index in [-0.39, 0.29) is 0 Å². The average molecular weight is 271 g/mol. The van der Waals surface area contributed by atoms with E-state index in [0.29, 0.717) is 0 Å². The minimum absolute atomic E-state index is 1.21. The van der Waals surface area contributed by atoms with Crippen molar-refractivity contribution in [2.75, 3.05) is 4.90 Å². The molecule has 0 unspecified atom stereocenters. The largest absolute Gasteiger partial charge is 0.293 e. The highest BCUT2D eigenvalue weighted by Gasteiger charge is 2.13. The van der Waals surface area contributed by atoms with Crippen molar-refractivity contribution in [1.82, 2.24) is 0 Å². The lowest BCUT2D eigenvalue weighted by Gasteiger charge is -2.21. The molecule has 0 saturated carbocycles. The smallest absolute Gasteiger partial charge is 0.101 e. The van der Waals surface area contributed by atoms with Crippen molar-refractivity contribution in [3.05, 3.63) is 64.9 Å². The molecule has 0 amide bonds. The Labute approximate surface area is 115 Å². The average Bonchev–Trinajstić information content (AvgIpc) is 3.06. The fourth-order valence-corrected chi connectivity index (χ4v) is 3.43. The van der Waals surface area contributed by atoms with Gasteiger partial charge < -0.3 is 0 Å². The third-order valence-electron chi connectivity index (χ3n) is 2.75. The summed E-state index contributed by atoms with van der Waals surface area (Å²) in [7, 11) is 0. The molecule has 18 heavy (non-hydrogen) atoms. The Morgan fingerprint density at radius 3 is 1.78 bits per heavy atom. The number of hydrogen-bond donors (Lipinski definition) is 0. The van der Waals surface area contributed by atoms with Crippen LogP contribution in [0.2, 0.25) is 0 Å². The molecule has 2 heterocycles. The van der Waals surface area contributed by atoms with Gasteiger partial charge in [-0.05, 0) is 54.1 Å². The first-order valence-electron chi connectivity index (χ1n) is 5.78. The van der Waals surface area contributed by atoms with E-state index in [1.165, 1.54) is 21.3 Å². The van der Waals surface area contributed by atoms with E-state index >= 15 is 0 Å². The Balaban J connectivity index is 2.08. The third-order valence-corrected chi connectivity index (χ3v) is 4.45. The Morgan fingerprint density at radius 1 is 0.778 bits per heavy atom. The fraction of sp³-hybridized carbons (Fsp3) is 0.0667. The van der Waals surface area contributed by atoms with Gasteiger partial charge in [0.15, 0.2) is 0 Å². The fourth-order valence-electron chi connectivity index (χ4n) is 1.85. The zero-order valence-electron chi connectivity index (χ0n) is 10.0. The van der Waals surface area contributed by atoms with Crippen molar-refractivity contribution in [2.45, 2.75) is 6.92 Å². The van der Waals surface area contributed by atoms with Gasteiger partial charge in [0.2, 0.25) is 0 Å². The van der Waals surface area contributed by atoms with Crippen LogP contribution in [0.4, 0.5) is 15.7 Å². The van der Waals surface area contributed by atoms with Gasteiger partial charge in [-0.2, -0.15) is 0 Å². The summed E-state index contributed by atoms with van der Waals surface area (Å²) in [5, 5.41) is 6.73. The highest BCUT2D eigenvalue weighted by atomic mass is 32.1. The second kappa shape index (κ2) is 4.96. The Morgan fingerprint density at radius 2 is 1.33 bits per heavy atom. The summed E-state index contributed by atoms with van der Waals surface area (Å²) >= 11 is 3.52. The van der Waals surface area contributed by atoms with Crippen molar-refractivity contribution in [3.63, 3.8) is 0 Å². The number of aryl methyl sites for hydroxylation is 1. The van der Waals surface area contributed by atoms with Crippen molar-refractivity contribution in [2.24, 2.45) is 0 Å². The lowest BCUT2D eigenvalue weighted by molar-refractivity contribution is 1.34. The van der Waals surface area contributed by atoms with Crippen LogP contribution in [0.3, 0.4) is 0 Å². The summed E-state index contributed by atoms with van der Waals surface area (Å²) in [6.45, 7) is 2.12. The molecule has 0 aliphatic carbocycles. The third kappa shape index (κ3) is 2.19. The molecule has 3 rings (SSSR count). The molecule has 0 atom stereocenters. The normalized spacial score (nSPS) is 10.5. The number of hydrogen-bond acceptors (Lipinski definition) is 3. The van der Waals surface area contributed by atoms with Gasteiger partial charge in [-0.3, -0.25) is 4.90 Å². The molecule has 0 aliphatic rings. The molecule has 0 aliphatic heterocycles. The Kier molecular flexibility index (Phi) is 3.17. The van der Waals surface area contributed by atoms with E-state index in [4.69, 9.17) is 0 Å². The van der Waals surface area contributed by atoms with Crippen LogP contribution in [0.5, 0.6) is 0 Å². The number of benzene rings is 1. The van der Waals surface area contributed by atoms with Gasteiger partial charge in [0.05, 0.1) is 0 Å². The van der Waals surface area contributed by atoms with Gasteiger partial charge in [0.1, 0.15) is 10.0 Å². The number of thiophene rings is 2. The zero-order valence-corrected chi connectivity index (χ0v) is 11.7. The first-order valence-corrected chi connectivity index (χ1v) is 7.54. The van der Waals surface area contributed by atoms with Crippen LogP contribution in [-0.2, 0) is 0 Å². The molecule has 1 aromatic carbocycles. The summed E-state index contributed by atoms with van der Waals surface area (Å²) in [5.74, 6) is 0. The molecule has 0 saturated heterocycles. The van der Waals surface area contributed by atoms with E-state index in [1.807, 2.05) is 0 Å². The van der Waals surface area contributed by atoms with E-state index in [0.717, 1.165) is 0 Å². The maximum Gasteiger partial charge on any atom is 0.101 e. The molecule has 2 aromatic heterocycles. The first kappa shape index (κ1) is 11.5. The predicted molar refractivity (Wildman–Crippen MR) is 81.6 cm³/mol. The highest BCUT2D eigenvalue weighted by Crippen LogP contribution is 2.39. The summed E-state index contributed by atoms with van der Waals surface area (Å²) in [6, 6.07) is 17.2. The molecule has 0 fully saturated rings. The van der Waals surface area contributed by atoms with Gasteiger partial charge in [0.25, 0.3) is 0 Å². The maximum absolute atomic E-state index is 2.30. The van der Waals surface area contributed by atoms with Crippen LogP contribution in [0.15, 0.2) is 59.3 Å². The van der Waals surface area contributed by atoms with Crippen LogP contribution in [0, 0.1) is 6.92 Å². The number of nitrogens with zero attached hydrogens (tertiary/aromatic N) is 1. The molecule has 0 bridgehead atoms. The van der Waals surface area contributed by atoms with E-state index in [2.05, 4.69) is 71.1 Å². The maximum atomic E-state index is 2.30. The Bertz CT molecular complexity index is 560. The molecule has 3 heteroatoms. The summed E-state index contributed by atoms with van der Waals surface area (Å²) in [4.78, 5) is 2.30. The van der Waals surface area contributed by atoms with E-state index in [1.54, 1.807) is 22.7 Å². The van der Waals surface area contributed by atoms with Crippen LogP contribution < -0.4 is 4.90 Å². The second-order valence-corrected chi connectivity index (χ2v) is 5.93. The van der Waals surface area contributed by atoms with Gasteiger partial charge in [-0.1, -0.05) is 17.7 Å². The SMILES string of the molecule is Cc1ccc(N(c2cccs2)c2cccs2)cc1. The van der Waals surface area contributed by atoms with Gasteiger partial charge in [-0.25, -0.2) is 0 Å². The van der Waals surface area contributed by atoms with Gasteiger partial charge in [-0.15, -0.1) is 22.7 Å². The van der Waals surface area contributed by atoms with Crippen LogP contribution in [0.25, 0.3) is 0 Å². The van der Waals surface area contributed by atoms with Crippen LogP contribution in [0.1, 0.15) is 5.56 Å². The molecule has 1 nitrogen and oxygen atoms in total. The van der Waals surface area contributed by atoms with Gasteiger partial charge in [0, 0.05) is 5.69 Å². The van der Waals surface area contributed by atoms with Crippen LogP contribution in [-0.4, -0.2) is 0 Å². The molecular weight excluding hydrogens is 258 g/mol. The van der Waals surface area contributed by atoms with Crippen molar-refractivity contribution < 1.29 is 0 Å². The summed E-state index contributed by atoms with van der Waals surface area (Å²) < 4.78 is 0. The van der Waals surface area contributed by atoms with Crippen molar-refractivity contribution in [3.8, 4) is 0 Å². The first-order chi connectivity index (χ1) is 8.84. The topological polar surface area (TPSA) is 3.24 Å². The molecule has 90 valence electrons. The number of anilines is 3.